The molecule has 0 aliphatic carbocycles. The summed E-state index contributed by atoms with van der Waals surface area (Å²) >= 11 is 1.68. The molecule has 1 aromatic carbocycles. The van der Waals surface area contributed by atoms with Crippen molar-refractivity contribution in [2.24, 2.45) is 5.92 Å². The molecule has 0 saturated carbocycles. The zero-order valence-electron chi connectivity index (χ0n) is 15.1. The summed E-state index contributed by atoms with van der Waals surface area (Å²) in [6, 6.07) is 10.1. The molecule has 0 atom stereocenters. The first-order valence-electron chi connectivity index (χ1n) is 8.92. The number of hydrogen-bond donors (Lipinski definition) is 1. The van der Waals surface area contributed by atoms with Crippen LogP contribution in [0.25, 0.3) is 22.2 Å². The number of H-pyrrole nitrogens is 1. The molecule has 25 heavy (non-hydrogen) atoms. The molecule has 5 heteroatoms. The molecule has 0 saturated heterocycles. The van der Waals surface area contributed by atoms with E-state index in [1.54, 1.807) is 11.8 Å². The van der Waals surface area contributed by atoms with Gasteiger partial charge in [0.2, 0.25) is 0 Å². The van der Waals surface area contributed by atoms with Gasteiger partial charge in [0.15, 0.2) is 5.16 Å². The molecule has 2 aromatic heterocycles. The predicted molar refractivity (Wildman–Crippen MR) is 106 cm³/mol. The van der Waals surface area contributed by atoms with Crippen LogP contribution < -0.4 is 5.56 Å². The van der Waals surface area contributed by atoms with Gasteiger partial charge < -0.3 is 4.98 Å². The number of nitrogens with zero attached hydrogens (tertiary/aromatic N) is 2. The molecule has 0 amide bonds. The highest BCUT2D eigenvalue weighted by molar-refractivity contribution is 7.99. The van der Waals surface area contributed by atoms with E-state index in [9.17, 15) is 4.79 Å². The average Bonchev–Trinajstić information content (AvgIpc) is 3.04. The maximum Gasteiger partial charge on any atom is 0.278 e. The van der Waals surface area contributed by atoms with Crippen LogP contribution in [0.1, 0.15) is 33.6 Å². The molecule has 0 unspecified atom stereocenters. The molecule has 1 N–H and O–H groups in total. The summed E-state index contributed by atoms with van der Waals surface area (Å²) in [5.41, 5.74) is 3.47. The SMILES string of the molecule is CCCCn1c(SCC(C)C)nc2c(-c3ccccc3)c[nH]c2c1=O. The average molecular weight is 356 g/mol. The Hall–Kier alpha value is -2.01. The van der Waals surface area contributed by atoms with Gasteiger partial charge in [-0.2, -0.15) is 0 Å². The highest BCUT2D eigenvalue weighted by atomic mass is 32.2. The molecule has 0 radical (unpaired) electrons. The lowest BCUT2D eigenvalue weighted by molar-refractivity contribution is 0.556. The van der Waals surface area contributed by atoms with E-state index in [2.05, 4.69) is 25.8 Å². The third-order valence-electron chi connectivity index (χ3n) is 4.12. The highest BCUT2D eigenvalue weighted by Crippen LogP contribution is 2.28. The minimum atomic E-state index is 0.0342. The predicted octanol–water partition coefficient (Wildman–Crippen LogP) is 4.94. The summed E-state index contributed by atoms with van der Waals surface area (Å²) in [6.07, 6.45) is 3.93. The van der Waals surface area contributed by atoms with Gasteiger partial charge in [-0.3, -0.25) is 9.36 Å². The van der Waals surface area contributed by atoms with E-state index in [1.807, 2.05) is 41.1 Å². The van der Waals surface area contributed by atoms with E-state index in [0.29, 0.717) is 11.4 Å². The van der Waals surface area contributed by atoms with Crippen molar-refractivity contribution in [3.8, 4) is 11.1 Å². The third-order valence-corrected chi connectivity index (χ3v) is 5.52. The van der Waals surface area contributed by atoms with Crippen LogP contribution in [0.5, 0.6) is 0 Å². The number of fused-ring (bicyclic) bond motifs is 1. The summed E-state index contributed by atoms with van der Waals surface area (Å²) in [5, 5.41) is 0.830. The van der Waals surface area contributed by atoms with E-state index in [4.69, 9.17) is 4.98 Å². The maximum absolute atomic E-state index is 13.0. The van der Waals surface area contributed by atoms with Crippen molar-refractivity contribution in [3.05, 3.63) is 46.9 Å². The van der Waals surface area contributed by atoms with Crippen LogP contribution in [0, 0.1) is 5.92 Å². The summed E-state index contributed by atoms with van der Waals surface area (Å²) in [4.78, 5) is 21.1. The van der Waals surface area contributed by atoms with Gasteiger partial charge in [0, 0.05) is 24.1 Å². The first-order chi connectivity index (χ1) is 12.1. The normalized spacial score (nSPS) is 11.5. The number of rotatable bonds is 7. The fourth-order valence-electron chi connectivity index (χ4n) is 2.78. The molecule has 0 aliphatic rings. The molecule has 3 aromatic rings. The summed E-state index contributed by atoms with van der Waals surface area (Å²) in [5.74, 6) is 1.51. The number of benzene rings is 1. The molecule has 2 heterocycles. The van der Waals surface area contributed by atoms with Gasteiger partial charge in [0.25, 0.3) is 5.56 Å². The van der Waals surface area contributed by atoms with Crippen LogP contribution in [0.2, 0.25) is 0 Å². The Labute approximate surface area is 152 Å². The quantitative estimate of drug-likeness (QED) is 0.482. The van der Waals surface area contributed by atoms with Gasteiger partial charge in [-0.15, -0.1) is 0 Å². The summed E-state index contributed by atoms with van der Waals surface area (Å²) in [6.45, 7) is 7.23. The van der Waals surface area contributed by atoms with Crippen LogP contribution in [-0.2, 0) is 6.54 Å². The first-order valence-corrected chi connectivity index (χ1v) is 9.90. The largest absolute Gasteiger partial charge is 0.355 e. The van der Waals surface area contributed by atoms with Gasteiger partial charge in [-0.25, -0.2) is 4.98 Å². The summed E-state index contributed by atoms with van der Waals surface area (Å²) < 4.78 is 1.84. The van der Waals surface area contributed by atoms with Gasteiger partial charge in [-0.1, -0.05) is 69.3 Å². The lowest BCUT2D eigenvalue weighted by Crippen LogP contribution is -2.23. The van der Waals surface area contributed by atoms with Crippen LogP contribution in [0.4, 0.5) is 0 Å². The van der Waals surface area contributed by atoms with Gasteiger partial charge in [-0.05, 0) is 17.9 Å². The fourth-order valence-corrected chi connectivity index (χ4v) is 3.74. The number of aromatic nitrogens is 3. The van der Waals surface area contributed by atoms with E-state index in [1.165, 1.54) is 0 Å². The third kappa shape index (κ3) is 3.82. The van der Waals surface area contributed by atoms with Crippen molar-refractivity contribution >= 4 is 22.8 Å². The van der Waals surface area contributed by atoms with Gasteiger partial charge in [0.05, 0.1) is 0 Å². The zero-order chi connectivity index (χ0) is 17.8. The van der Waals surface area contributed by atoms with Crippen LogP contribution in [0.15, 0.2) is 46.5 Å². The molecule has 0 fully saturated rings. The molecule has 3 rings (SSSR count). The Balaban J connectivity index is 2.14. The monoisotopic (exact) mass is 355 g/mol. The van der Waals surface area contributed by atoms with Crippen molar-refractivity contribution in [1.29, 1.82) is 0 Å². The van der Waals surface area contributed by atoms with Crippen molar-refractivity contribution in [2.45, 2.75) is 45.3 Å². The lowest BCUT2D eigenvalue weighted by atomic mass is 10.1. The smallest absolute Gasteiger partial charge is 0.278 e. The van der Waals surface area contributed by atoms with Crippen molar-refractivity contribution in [1.82, 2.24) is 14.5 Å². The number of hydrogen-bond acceptors (Lipinski definition) is 3. The molecule has 0 aliphatic heterocycles. The standard InChI is InChI=1S/C20H25N3OS/c1-4-5-11-23-19(24)18-17(22-20(23)25-13-14(2)3)16(12-21-18)15-9-7-6-8-10-15/h6-10,12,14,21H,4-5,11,13H2,1-3H3. The minimum absolute atomic E-state index is 0.0342. The molecule has 4 nitrogen and oxygen atoms in total. The minimum Gasteiger partial charge on any atom is -0.355 e. The highest BCUT2D eigenvalue weighted by Gasteiger charge is 2.16. The van der Waals surface area contributed by atoms with Crippen LogP contribution in [0.3, 0.4) is 0 Å². The van der Waals surface area contributed by atoms with E-state index in [-0.39, 0.29) is 5.56 Å². The van der Waals surface area contributed by atoms with Crippen molar-refractivity contribution in [2.75, 3.05) is 5.75 Å². The fraction of sp³-hybridized carbons (Fsp3) is 0.400. The Morgan fingerprint density at radius 3 is 2.68 bits per heavy atom. The number of thioether (sulfide) groups is 1. The molecular weight excluding hydrogens is 330 g/mol. The van der Waals surface area contributed by atoms with Crippen LogP contribution in [-0.4, -0.2) is 20.3 Å². The topological polar surface area (TPSA) is 50.7 Å². The molecular formula is C20H25N3OS. The Bertz CT molecular complexity index is 896. The van der Waals surface area contributed by atoms with E-state index in [0.717, 1.165) is 46.9 Å². The summed E-state index contributed by atoms with van der Waals surface area (Å²) in [7, 11) is 0. The Morgan fingerprint density at radius 2 is 2.00 bits per heavy atom. The van der Waals surface area contributed by atoms with E-state index < -0.39 is 0 Å². The van der Waals surface area contributed by atoms with Gasteiger partial charge in [0.1, 0.15) is 11.0 Å². The Morgan fingerprint density at radius 1 is 1.24 bits per heavy atom. The zero-order valence-corrected chi connectivity index (χ0v) is 15.9. The second-order valence-corrected chi connectivity index (χ2v) is 7.69. The molecule has 0 spiro atoms. The second-order valence-electron chi connectivity index (χ2n) is 6.70. The molecule has 132 valence electrons. The van der Waals surface area contributed by atoms with Crippen LogP contribution >= 0.6 is 11.8 Å². The maximum atomic E-state index is 13.0. The first kappa shape index (κ1) is 17.8. The molecule has 0 bridgehead atoms. The number of unbranched alkanes of at least 4 members (excludes halogenated alkanes) is 1. The number of nitrogens with one attached hydrogen (secondary N) is 1. The number of aromatic amines is 1. The van der Waals surface area contributed by atoms with Gasteiger partial charge >= 0.3 is 0 Å². The Kier molecular flexibility index (Phi) is 5.63. The van der Waals surface area contributed by atoms with Crippen molar-refractivity contribution < 1.29 is 0 Å². The lowest BCUT2D eigenvalue weighted by Gasteiger charge is -2.13. The van der Waals surface area contributed by atoms with E-state index >= 15 is 0 Å². The van der Waals surface area contributed by atoms with Crippen molar-refractivity contribution in [3.63, 3.8) is 0 Å². The second kappa shape index (κ2) is 7.91.